The second-order valence-corrected chi connectivity index (χ2v) is 5.23. The summed E-state index contributed by atoms with van der Waals surface area (Å²) in [5.74, 6) is 0.475. The Bertz CT molecular complexity index is 764. The molecule has 0 aliphatic carbocycles. The minimum Gasteiger partial charge on any atom is -0.369 e. The number of hydrogen-bond acceptors (Lipinski definition) is 3. The number of hydrogen-bond donors (Lipinski definition) is 1. The lowest BCUT2D eigenvalue weighted by molar-refractivity contribution is 0.717. The Hall–Kier alpha value is -2.07. The number of aromatic nitrogens is 3. The Morgan fingerprint density at radius 1 is 1.30 bits per heavy atom. The molecule has 0 aliphatic heterocycles. The molecular formula is C15H15ClN4. The van der Waals surface area contributed by atoms with Gasteiger partial charge in [0.05, 0.1) is 5.02 Å². The van der Waals surface area contributed by atoms with E-state index in [1.54, 1.807) is 12.3 Å². The van der Waals surface area contributed by atoms with Gasteiger partial charge < -0.3 is 5.73 Å². The van der Waals surface area contributed by atoms with Crippen LogP contribution in [0.1, 0.15) is 11.1 Å². The molecule has 0 unspecified atom stereocenters. The normalized spacial score (nSPS) is 11.1. The first-order chi connectivity index (χ1) is 9.65. The first kappa shape index (κ1) is 12.9. The highest BCUT2D eigenvalue weighted by molar-refractivity contribution is 6.31. The second kappa shape index (κ2) is 5.13. The summed E-state index contributed by atoms with van der Waals surface area (Å²) in [6, 6.07) is 10.1. The lowest BCUT2D eigenvalue weighted by Gasteiger charge is -2.08. The maximum Gasteiger partial charge on any atom is 0.202 e. The van der Waals surface area contributed by atoms with E-state index in [0.29, 0.717) is 11.0 Å². The standard InChI is InChI=1S/C15H15ClN4/c1-10-4-2-3-5-11(10)6-7-20-14-13(19-15(20)17)8-12(16)9-18-14/h2-5,8-9H,6-7H2,1H3,(H2,17,19). The number of imidazole rings is 1. The third kappa shape index (κ3) is 2.34. The molecule has 0 saturated carbocycles. The summed E-state index contributed by atoms with van der Waals surface area (Å²) >= 11 is 5.92. The van der Waals surface area contributed by atoms with Gasteiger partial charge in [0.2, 0.25) is 5.95 Å². The van der Waals surface area contributed by atoms with Crippen LogP contribution in [0.3, 0.4) is 0 Å². The summed E-state index contributed by atoms with van der Waals surface area (Å²) in [6.07, 6.45) is 2.52. The Kier molecular flexibility index (Phi) is 3.32. The van der Waals surface area contributed by atoms with Gasteiger partial charge in [-0.05, 0) is 30.5 Å². The zero-order valence-electron chi connectivity index (χ0n) is 11.2. The minimum atomic E-state index is 0.475. The Morgan fingerprint density at radius 3 is 2.90 bits per heavy atom. The number of nitrogens with two attached hydrogens (primary N) is 1. The van der Waals surface area contributed by atoms with E-state index in [0.717, 1.165) is 24.1 Å². The number of aryl methyl sites for hydroxylation is 3. The number of nitrogens with zero attached hydrogens (tertiary/aromatic N) is 3. The van der Waals surface area contributed by atoms with Gasteiger partial charge in [-0.3, -0.25) is 4.57 Å². The van der Waals surface area contributed by atoms with Crippen molar-refractivity contribution in [2.75, 3.05) is 5.73 Å². The van der Waals surface area contributed by atoms with Gasteiger partial charge in [0.1, 0.15) is 5.52 Å². The highest BCUT2D eigenvalue weighted by Crippen LogP contribution is 2.20. The molecule has 4 nitrogen and oxygen atoms in total. The topological polar surface area (TPSA) is 56.7 Å². The largest absolute Gasteiger partial charge is 0.369 e. The van der Waals surface area contributed by atoms with Gasteiger partial charge in [-0.25, -0.2) is 9.97 Å². The van der Waals surface area contributed by atoms with E-state index in [1.807, 2.05) is 10.6 Å². The van der Waals surface area contributed by atoms with Crippen molar-refractivity contribution in [2.24, 2.45) is 0 Å². The molecular weight excluding hydrogens is 272 g/mol. The molecule has 5 heteroatoms. The van der Waals surface area contributed by atoms with Crippen molar-refractivity contribution in [3.8, 4) is 0 Å². The third-order valence-electron chi connectivity index (χ3n) is 3.45. The molecule has 3 rings (SSSR count). The van der Waals surface area contributed by atoms with Crippen molar-refractivity contribution in [1.29, 1.82) is 0 Å². The van der Waals surface area contributed by atoms with Gasteiger partial charge in [-0.2, -0.15) is 0 Å². The molecule has 20 heavy (non-hydrogen) atoms. The molecule has 0 radical (unpaired) electrons. The quantitative estimate of drug-likeness (QED) is 0.804. The predicted octanol–water partition coefficient (Wildman–Crippen LogP) is 3.22. The van der Waals surface area contributed by atoms with Crippen molar-refractivity contribution in [3.63, 3.8) is 0 Å². The van der Waals surface area contributed by atoms with E-state index in [2.05, 4.69) is 35.1 Å². The van der Waals surface area contributed by atoms with Gasteiger partial charge in [-0.15, -0.1) is 0 Å². The van der Waals surface area contributed by atoms with Gasteiger partial charge in [0.15, 0.2) is 5.65 Å². The van der Waals surface area contributed by atoms with Gasteiger partial charge in [-0.1, -0.05) is 35.9 Å². The maximum atomic E-state index is 5.97. The summed E-state index contributed by atoms with van der Waals surface area (Å²) in [7, 11) is 0. The number of benzene rings is 1. The fraction of sp³-hybridized carbons (Fsp3) is 0.200. The van der Waals surface area contributed by atoms with Crippen LogP contribution in [0, 0.1) is 6.92 Å². The number of fused-ring (bicyclic) bond motifs is 1. The molecule has 0 atom stereocenters. The van der Waals surface area contributed by atoms with Crippen molar-refractivity contribution < 1.29 is 0 Å². The second-order valence-electron chi connectivity index (χ2n) is 4.79. The molecule has 1 aromatic carbocycles. The summed E-state index contributed by atoms with van der Waals surface area (Å²) in [5.41, 5.74) is 10.1. The molecule has 0 spiro atoms. The summed E-state index contributed by atoms with van der Waals surface area (Å²) in [6.45, 7) is 2.87. The highest BCUT2D eigenvalue weighted by Gasteiger charge is 2.10. The molecule has 2 N–H and O–H groups in total. The molecule has 102 valence electrons. The molecule has 2 aromatic heterocycles. The van der Waals surface area contributed by atoms with Crippen molar-refractivity contribution in [2.45, 2.75) is 19.9 Å². The van der Waals surface area contributed by atoms with Crippen molar-refractivity contribution >= 4 is 28.7 Å². The molecule has 3 aromatic rings. The van der Waals surface area contributed by atoms with Gasteiger partial charge >= 0.3 is 0 Å². The lowest BCUT2D eigenvalue weighted by Crippen LogP contribution is -2.07. The van der Waals surface area contributed by atoms with Crippen LogP contribution in [-0.2, 0) is 13.0 Å². The van der Waals surface area contributed by atoms with Crippen LogP contribution < -0.4 is 5.73 Å². The molecule has 0 saturated heterocycles. The lowest BCUT2D eigenvalue weighted by atomic mass is 10.1. The highest BCUT2D eigenvalue weighted by atomic mass is 35.5. The zero-order valence-corrected chi connectivity index (χ0v) is 11.9. The van der Waals surface area contributed by atoms with Crippen LogP contribution in [-0.4, -0.2) is 14.5 Å². The Morgan fingerprint density at radius 2 is 2.10 bits per heavy atom. The number of rotatable bonds is 3. The Labute approximate surface area is 122 Å². The number of halogens is 1. The zero-order chi connectivity index (χ0) is 14.1. The first-order valence-electron chi connectivity index (χ1n) is 6.47. The average Bonchev–Trinajstić information content (AvgIpc) is 2.73. The van der Waals surface area contributed by atoms with Crippen LogP contribution in [0.15, 0.2) is 36.5 Å². The fourth-order valence-corrected chi connectivity index (χ4v) is 2.50. The predicted molar refractivity (Wildman–Crippen MR) is 81.8 cm³/mol. The van der Waals surface area contributed by atoms with Crippen molar-refractivity contribution in [3.05, 3.63) is 52.7 Å². The molecule has 2 heterocycles. The summed E-state index contributed by atoms with van der Waals surface area (Å²) < 4.78 is 1.93. The monoisotopic (exact) mass is 286 g/mol. The van der Waals surface area contributed by atoms with Gasteiger partial charge in [0, 0.05) is 12.7 Å². The fourth-order valence-electron chi connectivity index (χ4n) is 2.35. The number of nitrogen functional groups attached to an aromatic ring is 1. The van der Waals surface area contributed by atoms with Crippen LogP contribution in [0.5, 0.6) is 0 Å². The van der Waals surface area contributed by atoms with E-state index >= 15 is 0 Å². The first-order valence-corrected chi connectivity index (χ1v) is 6.85. The van der Waals surface area contributed by atoms with E-state index in [-0.39, 0.29) is 0 Å². The maximum absolute atomic E-state index is 5.97. The molecule has 0 fully saturated rings. The van der Waals surface area contributed by atoms with E-state index in [1.165, 1.54) is 11.1 Å². The van der Waals surface area contributed by atoms with Crippen LogP contribution in [0.4, 0.5) is 5.95 Å². The Balaban J connectivity index is 1.91. The molecule has 0 bridgehead atoms. The number of anilines is 1. The van der Waals surface area contributed by atoms with Crippen LogP contribution >= 0.6 is 11.6 Å². The van der Waals surface area contributed by atoms with Crippen molar-refractivity contribution in [1.82, 2.24) is 14.5 Å². The minimum absolute atomic E-state index is 0.475. The number of pyridine rings is 1. The molecule has 0 amide bonds. The van der Waals surface area contributed by atoms with Crippen LogP contribution in [0.2, 0.25) is 5.02 Å². The van der Waals surface area contributed by atoms with E-state index < -0.39 is 0 Å². The smallest absolute Gasteiger partial charge is 0.202 e. The average molecular weight is 287 g/mol. The van der Waals surface area contributed by atoms with Crippen LogP contribution in [0.25, 0.3) is 11.2 Å². The third-order valence-corrected chi connectivity index (χ3v) is 3.65. The molecule has 0 aliphatic rings. The summed E-state index contributed by atoms with van der Waals surface area (Å²) in [5, 5.41) is 0.570. The SMILES string of the molecule is Cc1ccccc1CCn1c(N)nc2cc(Cl)cnc21. The van der Waals surface area contributed by atoms with E-state index in [9.17, 15) is 0 Å². The van der Waals surface area contributed by atoms with Gasteiger partial charge in [0.25, 0.3) is 0 Å². The van der Waals surface area contributed by atoms with E-state index in [4.69, 9.17) is 17.3 Å². The summed E-state index contributed by atoms with van der Waals surface area (Å²) in [4.78, 5) is 8.63.